The van der Waals surface area contributed by atoms with E-state index in [1.54, 1.807) is 0 Å². The third kappa shape index (κ3) is 1.97. The van der Waals surface area contributed by atoms with Crippen LogP contribution in [0.15, 0.2) is 0 Å². The standard InChI is InChI=1S/C6H8O4/c1-2-5(8)4(3-7)6(9)10/h3-4H,2H2,1H3,(H,9,10). The highest BCUT2D eigenvalue weighted by molar-refractivity contribution is 6.09. The van der Waals surface area contributed by atoms with Crippen LogP contribution in [0.2, 0.25) is 0 Å². The molecule has 0 aromatic carbocycles. The Bertz CT molecular complexity index is 161. The maximum absolute atomic E-state index is 10.6. The van der Waals surface area contributed by atoms with E-state index in [2.05, 4.69) is 0 Å². The average Bonchev–Trinajstić information content (AvgIpc) is 1.88. The number of ketones is 1. The molecule has 0 aromatic rings. The van der Waals surface area contributed by atoms with Crippen LogP contribution < -0.4 is 0 Å². The van der Waals surface area contributed by atoms with Crippen molar-refractivity contribution in [3.63, 3.8) is 0 Å². The minimum absolute atomic E-state index is 0.0791. The third-order valence-electron chi connectivity index (χ3n) is 1.10. The Kier molecular flexibility index (Phi) is 3.32. The van der Waals surface area contributed by atoms with Crippen molar-refractivity contribution in [2.24, 2.45) is 5.92 Å². The number of carbonyl (C=O) groups excluding carboxylic acids is 2. The first-order valence-electron chi connectivity index (χ1n) is 2.84. The van der Waals surface area contributed by atoms with Crippen molar-refractivity contribution >= 4 is 18.0 Å². The molecule has 0 aliphatic rings. The van der Waals surface area contributed by atoms with Gasteiger partial charge in [0.15, 0.2) is 11.7 Å². The molecule has 1 atom stereocenters. The van der Waals surface area contributed by atoms with Gasteiger partial charge in [0, 0.05) is 6.42 Å². The summed E-state index contributed by atoms with van der Waals surface area (Å²) in [7, 11) is 0. The molecule has 0 radical (unpaired) electrons. The second kappa shape index (κ2) is 3.76. The van der Waals surface area contributed by atoms with Crippen molar-refractivity contribution in [3.8, 4) is 0 Å². The van der Waals surface area contributed by atoms with Gasteiger partial charge in [0.1, 0.15) is 6.29 Å². The van der Waals surface area contributed by atoms with Gasteiger partial charge in [-0.3, -0.25) is 9.59 Å². The maximum atomic E-state index is 10.6. The molecule has 0 bridgehead atoms. The van der Waals surface area contributed by atoms with Gasteiger partial charge in [-0.15, -0.1) is 0 Å². The zero-order valence-corrected chi connectivity index (χ0v) is 5.53. The quantitative estimate of drug-likeness (QED) is 0.440. The fraction of sp³-hybridized carbons (Fsp3) is 0.500. The molecule has 4 heteroatoms. The van der Waals surface area contributed by atoms with E-state index in [9.17, 15) is 14.4 Å². The fourth-order valence-electron chi connectivity index (χ4n) is 0.492. The summed E-state index contributed by atoms with van der Waals surface area (Å²) in [6, 6.07) is 0. The molecule has 56 valence electrons. The first-order chi connectivity index (χ1) is 4.63. The molecular formula is C6H8O4. The van der Waals surface area contributed by atoms with Gasteiger partial charge in [0.25, 0.3) is 0 Å². The van der Waals surface area contributed by atoms with Crippen LogP contribution in [0.3, 0.4) is 0 Å². The van der Waals surface area contributed by atoms with E-state index < -0.39 is 17.7 Å². The van der Waals surface area contributed by atoms with Crippen LogP contribution in [-0.2, 0) is 14.4 Å². The van der Waals surface area contributed by atoms with Crippen LogP contribution in [0.5, 0.6) is 0 Å². The van der Waals surface area contributed by atoms with Gasteiger partial charge in [0.05, 0.1) is 0 Å². The van der Waals surface area contributed by atoms with E-state index in [0.29, 0.717) is 0 Å². The average molecular weight is 144 g/mol. The van der Waals surface area contributed by atoms with Crippen molar-refractivity contribution in [1.82, 2.24) is 0 Å². The predicted molar refractivity (Wildman–Crippen MR) is 32.5 cm³/mol. The Balaban J connectivity index is 4.20. The lowest BCUT2D eigenvalue weighted by molar-refractivity contribution is -0.147. The minimum Gasteiger partial charge on any atom is -0.480 e. The fourth-order valence-corrected chi connectivity index (χ4v) is 0.492. The summed E-state index contributed by atoms with van der Waals surface area (Å²) in [5, 5.41) is 8.22. The lowest BCUT2D eigenvalue weighted by atomic mass is 10.1. The molecule has 0 aliphatic heterocycles. The summed E-state index contributed by atoms with van der Waals surface area (Å²) in [5.74, 6) is -3.39. The van der Waals surface area contributed by atoms with E-state index >= 15 is 0 Å². The molecule has 0 saturated carbocycles. The molecule has 4 nitrogen and oxygen atoms in total. The monoisotopic (exact) mass is 144 g/mol. The second-order valence-corrected chi connectivity index (χ2v) is 1.77. The Labute approximate surface area is 57.8 Å². The van der Waals surface area contributed by atoms with Gasteiger partial charge >= 0.3 is 5.97 Å². The second-order valence-electron chi connectivity index (χ2n) is 1.77. The van der Waals surface area contributed by atoms with Gasteiger partial charge in [-0.25, -0.2) is 0 Å². The Hall–Kier alpha value is -1.19. The van der Waals surface area contributed by atoms with Crippen LogP contribution in [0, 0.1) is 5.92 Å². The smallest absolute Gasteiger partial charge is 0.321 e. The molecule has 0 heterocycles. The highest BCUT2D eigenvalue weighted by Crippen LogP contribution is 1.97. The van der Waals surface area contributed by atoms with Crippen molar-refractivity contribution < 1.29 is 19.5 Å². The Morgan fingerprint density at radius 1 is 1.60 bits per heavy atom. The van der Waals surface area contributed by atoms with Gasteiger partial charge in [0.2, 0.25) is 0 Å². The van der Waals surface area contributed by atoms with E-state index in [0.717, 1.165) is 0 Å². The highest BCUT2D eigenvalue weighted by atomic mass is 16.4. The summed E-state index contributed by atoms with van der Waals surface area (Å²) in [6.45, 7) is 1.52. The molecule has 1 unspecified atom stereocenters. The zero-order valence-electron chi connectivity index (χ0n) is 5.53. The summed E-state index contributed by atoms with van der Waals surface area (Å²) >= 11 is 0. The van der Waals surface area contributed by atoms with Gasteiger partial charge in [-0.2, -0.15) is 0 Å². The summed E-state index contributed by atoms with van der Waals surface area (Å²) in [4.78, 5) is 30.6. The highest BCUT2D eigenvalue weighted by Gasteiger charge is 2.22. The van der Waals surface area contributed by atoms with Crippen LogP contribution in [0.1, 0.15) is 13.3 Å². The molecule has 0 spiro atoms. The van der Waals surface area contributed by atoms with Crippen molar-refractivity contribution in [2.75, 3.05) is 0 Å². The Morgan fingerprint density at radius 3 is 2.20 bits per heavy atom. The van der Waals surface area contributed by atoms with Crippen molar-refractivity contribution in [2.45, 2.75) is 13.3 Å². The lowest BCUT2D eigenvalue weighted by Crippen LogP contribution is -2.24. The number of rotatable bonds is 4. The summed E-state index contributed by atoms with van der Waals surface area (Å²) in [5.41, 5.74) is 0. The minimum atomic E-state index is -1.47. The first-order valence-corrected chi connectivity index (χ1v) is 2.84. The molecule has 0 aliphatic carbocycles. The predicted octanol–water partition coefficient (Wildman–Crippen LogP) is -0.135. The van der Waals surface area contributed by atoms with Gasteiger partial charge in [-0.05, 0) is 0 Å². The molecule has 0 aromatic heterocycles. The normalized spacial score (nSPS) is 12.1. The maximum Gasteiger partial charge on any atom is 0.321 e. The van der Waals surface area contributed by atoms with E-state index in [-0.39, 0.29) is 12.7 Å². The van der Waals surface area contributed by atoms with Crippen molar-refractivity contribution in [3.05, 3.63) is 0 Å². The number of hydrogen-bond acceptors (Lipinski definition) is 3. The van der Waals surface area contributed by atoms with Crippen LogP contribution in [0.25, 0.3) is 0 Å². The van der Waals surface area contributed by atoms with Crippen LogP contribution >= 0.6 is 0 Å². The number of aliphatic carboxylic acids is 1. The van der Waals surface area contributed by atoms with Crippen molar-refractivity contribution in [1.29, 1.82) is 0 Å². The zero-order chi connectivity index (χ0) is 8.15. The van der Waals surface area contributed by atoms with E-state index in [4.69, 9.17) is 5.11 Å². The molecule has 10 heavy (non-hydrogen) atoms. The molecule has 0 rings (SSSR count). The SMILES string of the molecule is CCC(=O)C(C=O)C(=O)O. The van der Waals surface area contributed by atoms with E-state index in [1.807, 2.05) is 0 Å². The van der Waals surface area contributed by atoms with Gasteiger partial charge in [-0.1, -0.05) is 6.92 Å². The first kappa shape index (κ1) is 8.81. The molecule has 0 fully saturated rings. The Morgan fingerprint density at radius 2 is 2.10 bits per heavy atom. The number of aldehydes is 1. The van der Waals surface area contributed by atoms with Crippen LogP contribution in [0.4, 0.5) is 0 Å². The topological polar surface area (TPSA) is 71.4 Å². The number of carbonyl (C=O) groups is 3. The lowest BCUT2D eigenvalue weighted by Gasteiger charge is -1.98. The number of carboxylic acids is 1. The van der Waals surface area contributed by atoms with E-state index in [1.165, 1.54) is 6.92 Å². The molecular weight excluding hydrogens is 136 g/mol. The molecule has 0 amide bonds. The number of carboxylic acid groups (broad SMARTS) is 1. The van der Waals surface area contributed by atoms with Gasteiger partial charge < -0.3 is 9.90 Å². The number of Topliss-reactive ketones (excluding diaryl/α,β-unsaturated/α-hetero) is 1. The summed E-state index contributed by atoms with van der Waals surface area (Å²) in [6.07, 6.45) is 0.226. The molecule has 0 saturated heterocycles. The summed E-state index contributed by atoms with van der Waals surface area (Å²) < 4.78 is 0. The molecule has 1 N–H and O–H groups in total. The number of hydrogen-bond donors (Lipinski definition) is 1. The largest absolute Gasteiger partial charge is 0.480 e. The third-order valence-corrected chi connectivity index (χ3v) is 1.10. The van der Waals surface area contributed by atoms with Crippen LogP contribution in [-0.4, -0.2) is 23.1 Å².